The van der Waals surface area contributed by atoms with Gasteiger partial charge >= 0.3 is 0 Å². The Balaban J connectivity index is 1.96. The number of likely N-dealkylation sites (tertiary alicyclic amines) is 1. The Hall–Kier alpha value is -1.92. The number of anilines is 1. The van der Waals surface area contributed by atoms with E-state index in [4.69, 9.17) is 0 Å². The number of nitrogens with one attached hydrogen (secondary N) is 1. The number of nitrogens with zero attached hydrogens (tertiary/aromatic N) is 2. The van der Waals surface area contributed by atoms with Crippen LogP contribution in [-0.4, -0.2) is 66.1 Å². The summed E-state index contributed by atoms with van der Waals surface area (Å²) >= 11 is 0. The van der Waals surface area contributed by atoms with Gasteiger partial charge in [0.15, 0.2) is 0 Å². The molecule has 0 spiro atoms. The molecule has 0 radical (unpaired) electrons. The monoisotopic (exact) mass is 333 g/mol. The molecule has 24 heavy (non-hydrogen) atoms. The van der Waals surface area contributed by atoms with E-state index in [1.807, 2.05) is 14.1 Å². The highest BCUT2D eigenvalue weighted by Gasteiger charge is 2.35. The maximum atomic E-state index is 12.5. The second-order valence-electron chi connectivity index (χ2n) is 7.25. The molecule has 1 saturated heterocycles. The summed E-state index contributed by atoms with van der Waals surface area (Å²) in [5, 5.41) is 12.9. The van der Waals surface area contributed by atoms with Crippen molar-refractivity contribution in [1.82, 2.24) is 9.80 Å². The molecular formula is C18H27N3O3. The largest absolute Gasteiger partial charge is 0.390 e. The van der Waals surface area contributed by atoms with E-state index in [1.54, 1.807) is 47.9 Å². The van der Waals surface area contributed by atoms with Gasteiger partial charge in [-0.05, 0) is 58.6 Å². The highest BCUT2D eigenvalue weighted by atomic mass is 16.3. The number of hydrogen-bond acceptors (Lipinski definition) is 4. The van der Waals surface area contributed by atoms with Crippen molar-refractivity contribution in [3.63, 3.8) is 0 Å². The van der Waals surface area contributed by atoms with Gasteiger partial charge in [-0.2, -0.15) is 0 Å². The van der Waals surface area contributed by atoms with Gasteiger partial charge in [-0.1, -0.05) is 0 Å². The molecule has 1 aromatic rings. The zero-order valence-corrected chi connectivity index (χ0v) is 14.9. The normalized spacial score (nSPS) is 18.1. The lowest BCUT2D eigenvalue weighted by molar-refractivity contribution is -0.116. The van der Waals surface area contributed by atoms with Gasteiger partial charge in [0.2, 0.25) is 5.91 Å². The third kappa shape index (κ3) is 4.79. The number of carbonyl (C=O) groups excluding carboxylic acids is 2. The Morgan fingerprint density at radius 1 is 1.29 bits per heavy atom. The van der Waals surface area contributed by atoms with Crippen molar-refractivity contribution < 1.29 is 14.7 Å². The van der Waals surface area contributed by atoms with Gasteiger partial charge in [0.25, 0.3) is 5.91 Å². The lowest BCUT2D eigenvalue weighted by atomic mass is 9.90. The Labute approximate surface area is 143 Å². The van der Waals surface area contributed by atoms with Crippen LogP contribution in [0.5, 0.6) is 0 Å². The van der Waals surface area contributed by atoms with Crippen molar-refractivity contribution in [3.8, 4) is 0 Å². The molecule has 0 saturated carbocycles. The standard InChI is InChI=1S/C18H27N3O3/c1-18(2,24)14-9-10-21(11-14)17(23)13-5-7-15(8-6-13)19-16(22)12-20(3)4/h5-8,14,24H,9-12H2,1-4H3,(H,19,22). The molecule has 1 fully saturated rings. The summed E-state index contributed by atoms with van der Waals surface area (Å²) < 4.78 is 0. The van der Waals surface area contributed by atoms with Crippen molar-refractivity contribution in [1.29, 1.82) is 0 Å². The second-order valence-corrected chi connectivity index (χ2v) is 7.25. The van der Waals surface area contributed by atoms with Crippen molar-refractivity contribution >= 4 is 17.5 Å². The third-order valence-electron chi connectivity index (χ3n) is 4.35. The fraction of sp³-hybridized carbons (Fsp3) is 0.556. The summed E-state index contributed by atoms with van der Waals surface area (Å²) in [4.78, 5) is 27.8. The number of rotatable bonds is 5. The van der Waals surface area contributed by atoms with Gasteiger partial charge in [-0.15, -0.1) is 0 Å². The van der Waals surface area contributed by atoms with Crippen LogP contribution in [-0.2, 0) is 4.79 Å². The lowest BCUT2D eigenvalue weighted by Gasteiger charge is -2.25. The van der Waals surface area contributed by atoms with Crippen LogP contribution >= 0.6 is 0 Å². The molecule has 1 aliphatic heterocycles. The first-order chi connectivity index (χ1) is 11.2. The van der Waals surface area contributed by atoms with Crippen LogP contribution in [0, 0.1) is 5.92 Å². The SMILES string of the molecule is CN(C)CC(=O)Nc1ccc(C(=O)N2CCC(C(C)(C)O)C2)cc1. The molecule has 132 valence electrons. The first-order valence-corrected chi connectivity index (χ1v) is 8.23. The van der Waals surface area contributed by atoms with Crippen LogP contribution in [0.2, 0.25) is 0 Å². The van der Waals surface area contributed by atoms with E-state index in [1.165, 1.54) is 0 Å². The average molecular weight is 333 g/mol. The lowest BCUT2D eigenvalue weighted by Crippen LogP contribution is -2.35. The summed E-state index contributed by atoms with van der Waals surface area (Å²) in [6.07, 6.45) is 0.813. The third-order valence-corrected chi connectivity index (χ3v) is 4.35. The molecular weight excluding hydrogens is 306 g/mol. The predicted octanol–water partition coefficient (Wildman–Crippen LogP) is 1.42. The highest BCUT2D eigenvalue weighted by Crippen LogP contribution is 2.28. The molecule has 1 heterocycles. The molecule has 2 amide bonds. The molecule has 0 aromatic heterocycles. The Morgan fingerprint density at radius 2 is 1.92 bits per heavy atom. The molecule has 6 heteroatoms. The van der Waals surface area contributed by atoms with Gasteiger partial charge in [-0.25, -0.2) is 0 Å². The predicted molar refractivity (Wildman–Crippen MR) is 93.9 cm³/mol. The maximum Gasteiger partial charge on any atom is 0.253 e. The van der Waals surface area contributed by atoms with Gasteiger partial charge in [0.05, 0.1) is 12.1 Å². The summed E-state index contributed by atoms with van der Waals surface area (Å²) in [6.45, 7) is 5.12. The second kappa shape index (κ2) is 7.32. The van der Waals surface area contributed by atoms with Crippen molar-refractivity contribution in [2.45, 2.75) is 25.9 Å². The fourth-order valence-electron chi connectivity index (χ4n) is 2.89. The molecule has 6 nitrogen and oxygen atoms in total. The van der Waals surface area contributed by atoms with E-state index in [0.29, 0.717) is 30.9 Å². The smallest absolute Gasteiger partial charge is 0.253 e. The van der Waals surface area contributed by atoms with E-state index in [-0.39, 0.29) is 17.7 Å². The summed E-state index contributed by atoms with van der Waals surface area (Å²) in [7, 11) is 3.66. The van der Waals surface area contributed by atoms with E-state index in [9.17, 15) is 14.7 Å². The van der Waals surface area contributed by atoms with Crippen LogP contribution in [0.3, 0.4) is 0 Å². The number of carbonyl (C=O) groups is 2. The van der Waals surface area contributed by atoms with E-state index >= 15 is 0 Å². The molecule has 0 bridgehead atoms. The molecule has 1 unspecified atom stereocenters. The molecule has 1 aromatic carbocycles. The number of amides is 2. The highest BCUT2D eigenvalue weighted by molar-refractivity contribution is 5.96. The van der Waals surface area contributed by atoms with Crippen molar-refractivity contribution in [3.05, 3.63) is 29.8 Å². The fourth-order valence-corrected chi connectivity index (χ4v) is 2.89. The van der Waals surface area contributed by atoms with E-state index in [0.717, 1.165) is 6.42 Å². The minimum atomic E-state index is -0.768. The van der Waals surface area contributed by atoms with Crippen LogP contribution in [0.1, 0.15) is 30.6 Å². The maximum absolute atomic E-state index is 12.5. The summed E-state index contributed by atoms with van der Waals surface area (Å²) in [5.41, 5.74) is 0.501. The molecule has 0 aliphatic carbocycles. The first-order valence-electron chi connectivity index (χ1n) is 8.23. The number of benzene rings is 1. The minimum absolute atomic E-state index is 0.0343. The van der Waals surface area contributed by atoms with Crippen LogP contribution in [0.15, 0.2) is 24.3 Å². The molecule has 2 rings (SSSR count). The topological polar surface area (TPSA) is 72.9 Å². The van der Waals surface area contributed by atoms with Gasteiger partial charge in [0.1, 0.15) is 0 Å². The summed E-state index contributed by atoms with van der Waals surface area (Å²) in [5.74, 6) is -0.0226. The number of likely N-dealkylation sites (N-methyl/N-ethyl adjacent to an activating group) is 1. The Morgan fingerprint density at radius 3 is 2.42 bits per heavy atom. The minimum Gasteiger partial charge on any atom is -0.390 e. The molecule has 2 N–H and O–H groups in total. The quantitative estimate of drug-likeness (QED) is 0.855. The Kier molecular flexibility index (Phi) is 5.62. The Bertz CT molecular complexity index is 591. The van der Waals surface area contributed by atoms with E-state index < -0.39 is 5.60 Å². The van der Waals surface area contributed by atoms with Crippen LogP contribution in [0.25, 0.3) is 0 Å². The molecule has 1 atom stereocenters. The summed E-state index contributed by atoms with van der Waals surface area (Å²) in [6, 6.07) is 6.94. The van der Waals surface area contributed by atoms with Gasteiger partial charge in [-0.3, -0.25) is 9.59 Å². The van der Waals surface area contributed by atoms with Crippen LogP contribution < -0.4 is 5.32 Å². The van der Waals surface area contributed by atoms with Gasteiger partial charge < -0.3 is 20.2 Å². The van der Waals surface area contributed by atoms with Crippen molar-refractivity contribution in [2.75, 3.05) is 39.0 Å². The van der Waals surface area contributed by atoms with Gasteiger partial charge in [0, 0.05) is 30.3 Å². The number of hydrogen-bond donors (Lipinski definition) is 2. The van der Waals surface area contributed by atoms with Crippen molar-refractivity contribution in [2.24, 2.45) is 5.92 Å². The molecule has 1 aliphatic rings. The van der Waals surface area contributed by atoms with Crippen LogP contribution in [0.4, 0.5) is 5.69 Å². The number of aliphatic hydroxyl groups is 1. The average Bonchev–Trinajstić information content (AvgIpc) is 2.96. The zero-order valence-electron chi connectivity index (χ0n) is 14.9. The zero-order chi connectivity index (χ0) is 17.9. The van der Waals surface area contributed by atoms with E-state index in [2.05, 4.69) is 5.32 Å². The first kappa shape index (κ1) is 18.4.